The van der Waals surface area contributed by atoms with E-state index in [0.29, 0.717) is 18.0 Å². The fourth-order valence-corrected chi connectivity index (χ4v) is 5.07. The average Bonchev–Trinajstić information content (AvgIpc) is 3.31. The highest BCUT2D eigenvalue weighted by Crippen LogP contribution is 2.42. The Morgan fingerprint density at radius 1 is 1.06 bits per heavy atom. The van der Waals surface area contributed by atoms with Crippen LogP contribution in [0.15, 0.2) is 47.8 Å². The molecule has 6 heteroatoms. The molecule has 2 heterocycles. The Bertz CT molecular complexity index is 1060. The lowest BCUT2D eigenvalue weighted by Crippen LogP contribution is -2.42. The summed E-state index contributed by atoms with van der Waals surface area (Å²) in [7, 11) is 3.28. The zero-order valence-corrected chi connectivity index (χ0v) is 19.1. The van der Waals surface area contributed by atoms with Crippen LogP contribution in [-0.2, 0) is 11.2 Å². The first-order chi connectivity index (χ1) is 15.0. The molecule has 4 rings (SSSR count). The number of thiophene rings is 1. The van der Waals surface area contributed by atoms with E-state index in [9.17, 15) is 4.79 Å². The van der Waals surface area contributed by atoms with Gasteiger partial charge < -0.3 is 19.1 Å². The van der Waals surface area contributed by atoms with Crippen molar-refractivity contribution in [2.75, 3.05) is 27.4 Å². The molecule has 0 radical (unpaired) electrons. The average molecular weight is 438 g/mol. The van der Waals surface area contributed by atoms with Gasteiger partial charge in [-0.05, 0) is 66.1 Å². The first-order valence-electron chi connectivity index (χ1n) is 10.3. The number of hydrogen-bond donors (Lipinski definition) is 0. The largest absolute Gasteiger partial charge is 0.493 e. The fourth-order valence-electron chi connectivity index (χ4n) is 4.21. The van der Waals surface area contributed by atoms with E-state index in [1.807, 2.05) is 60.5 Å². The summed E-state index contributed by atoms with van der Waals surface area (Å²) in [4.78, 5) is 16.4. The zero-order chi connectivity index (χ0) is 22.0. The first-order valence-corrected chi connectivity index (χ1v) is 11.2. The van der Waals surface area contributed by atoms with Crippen LogP contribution >= 0.6 is 11.3 Å². The standard InChI is InChI=1S/C25H27NO4S/c1-16-7-5-8-17(2)25(16)30-15-23(27)26-11-10-18-13-20(28-3)21(29-4)14-19(18)24(26)22-9-6-12-31-22/h5-9,12-14,24H,10-11,15H2,1-4H3. The topological polar surface area (TPSA) is 48.0 Å². The SMILES string of the molecule is COc1cc2c(cc1OC)C(c1cccs1)N(C(=O)COc1c(C)cccc1C)CC2. The lowest BCUT2D eigenvalue weighted by atomic mass is 9.90. The second-order valence-electron chi connectivity index (χ2n) is 7.67. The van der Waals surface area contributed by atoms with Gasteiger partial charge in [-0.3, -0.25) is 4.79 Å². The number of fused-ring (bicyclic) bond motifs is 1. The van der Waals surface area contributed by atoms with E-state index >= 15 is 0 Å². The van der Waals surface area contributed by atoms with E-state index in [1.54, 1.807) is 25.6 Å². The highest BCUT2D eigenvalue weighted by atomic mass is 32.1. The van der Waals surface area contributed by atoms with Gasteiger partial charge in [0, 0.05) is 11.4 Å². The van der Waals surface area contributed by atoms with E-state index in [2.05, 4.69) is 6.07 Å². The third-order valence-corrected chi connectivity index (χ3v) is 6.68. The minimum atomic E-state index is -0.169. The van der Waals surface area contributed by atoms with Gasteiger partial charge in [-0.25, -0.2) is 0 Å². The summed E-state index contributed by atoms with van der Waals surface area (Å²) in [5.41, 5.74) is 4.31. The van der Waals surface area contributed by atoms with Crippen LogP contribution in [0.5, 0.6) is 17.2 Å². The third-order valence-electron chi connectivity index (χ3n) is 5.76. The molecule has 2 aromatic carbocycles. The van der Waals surface area contributed by atoms with Gasteiger partial charge in [-0.1, -0.05) is 24.3 Å². The molecule has 0 aliphatic carbocycles. The van der Waals surface area contributed by atoms with Crippen molar-refractivity contribution in [1.82, 2.24) is 4.90 Å². The minimum absolute atomic E-state index is 0.0101. The van der Waals surface area contributed by atoms with Crippen LogP contribution in [-0.4, -0.2) is 38.2 Å². The number of aryl methyl sites for hydroxylation is 2. The molecule has 5 nitrogen and oxygen atoms in total. The monoisotopic (exact) mass is 437 g/mol. The van der Waals surface area contributed by atoms with Gasteiger partial charge in [0.25, 0.3) is 5.91 Å². The number of amides is 1. The van der Waals surface area contributed by atoms with Gasteiger partial charge in [0.05, 0.1) is 20.3 Å². The summed E-state index contributed by atoms with van der Waals surface area (Å²) < 4.78 is 17.0. The van der Waals surface area contributed by atoms with Crippen molar-refractivity contribution in [3.8, 4) is 17.2 Å². The summed E-state index contributed by atoms with van der Waals surface area (Å²) in [5, 5.41) is 2.04. The number of benzene rings is 2. The van der Waals surface area contributed by atoms with E-state index in [4.69, 9.17) is 14.2 Å². The maximum absolute atomic E-state index is 13.3. The normalized spacial score (nSPS) is 15.4. The molecular formula is C25H27NO4S. The van der Waals surface area contributed by atoms with Crippen LogP contribution in [0.25, 0.3) is 0 Å². The number of carbonyl (C=O) groups excluding carboxylic acids is 1. The van der Waals surface area contributed by atoms with Gasteiger partial charge in [0.15, 0.2) is 18.1 Å². The van der Waals surface area contributed by atoms with Crippen molar-refractivity contribution in [2.45, 2.75) is 26.3 Å². The smallest absolute Gasteiger partial charge is 0.261 e. The molecule has 1 atom stereocenters. The van der Waals surface area contributed by atoms with Gasteiger partial charge in [-0.15, -0.1) is 11.3 Å². The molecule has 1 amide bonds. The van der Waals surface area contributed by atoms with Crippen molar-refractivity contribution in [3.05, 3.63) is 75.0 Å². The Kier molecular flexibility index (Phi) is 6.18. The number of para-hydroxylation sites is 1. The van der Waals surface area contributed by atoms with Crippen molar-refractivity contribution < 1.29 is 19.0 Å². The van der Waals surface area contributed by atoms with E-state index in [1.165, 1.54) is 5.56 Å². The zero-order valence-electron chi connectivity index (χ0n) is 18.3. The molecule has 1 unspecified atom stereocenters. The Balaban J connectivity index is 1.65. The molecule has 0 fully saturated rings. The number of ether oxygens (including phenoxy) is 3. The number of methoxy groups -OCH3 is 2. The van der Waals surface area contributed by atoms with Crippen LogP contribution in [0.3, 0.4) is 0 Å². The molecule has 1 aliphatic rings. The van der Waals surface area contributed by atoms with E-state index in [-0.39, 0.29) is 18.6 Å². The summed E-state index contributed by atoms with van der Waals surface area (Å²) in [5.74, 6) is 2.14. The van der Waals surface area contributed by atoms with Crippen molar-refractivity contribution in [3.63, 3.8) is 0 Å². The molecular weight excluding hydrogens is 410 g/mol. The Morgan fingerprint density at radius 2 is 1.77 bits per heavy atom. The molecule has 0 bridgehead atoms. The summed E-state index contributed by atoms with van der Waals surface area (Å²) >= 11 is 1.65. The van der Waals surface area contributed by atoms with Crippen LogP contribution in [0.1, 0.15) is 33.2 Å². The Hall–Kier alpha value is -2.99. The predicted molar refractivity (Wildman–Crippen MR) is 123 cm³/mol. The molecule has 0 spiro atoms. The molecule has 1 aromatic heterocycles. The molecule has 3 aromatic rings. The fraction of sp³-hybridized carbons (Fsp3) is 0.320. The van der Waals surface area contributed by atoms with Crippen LogP contribution in [0.4, 0.5) is 0 Å². The van der Waals surface area contributed by atoms with Gasteiger partial charge in [0.1, 0.15) is 5.75 Å². The van der Waals surface area contributed by atoms with Crippen LogP contribution in [0, 0.1) is 13.8 Å². The molecule has 1 aliphatic heterocycles. The van der Waals surface area contributed by atoms with Crippen molar-refractivity contribution in [1.29, 1.82) is 0 Å². The molecule has 31 heavy (non-hydrogen) atoms. The van der Waals surface area contributed by atoms with Gasteiger partial charge >= 0.3 is 0 Å². The predicted octanol–water partition coefficient (Wildman–Crippen LogP) is 4.94. The quantitative estimate of drug-likeness (QED) is 0.548. The highest BCUT2D eigenvalue weighted by molar-refractivity contribution is 7.10. The highest BCUT2D eigenvalue weighted by Gasteiger charge is 2.34. The summed E-state index contributed by atoms with van der Waals surface area (Å²) in [6.07, 6.45) is 0.757. The lowest BCUT2D eigenvalue weighted by molar-refractivity contribution is -0.135. The summed E-state index contributed by atoms with van der Waals surface area (Å²) in [6.45, 7) is 4.63. The van der Waals surface area contributed by atoms with Crippen LogP contribution < -0.4 is 14.2 Å². The molecule has 0 N–H and O–H groups in total. The summed E-state index contributed by atoms with van der Waals surface area (Å²) in [6, 6.07) is 14.0. The van der Waals surface area contributed by atoms with E-state index < -0.39 is 0 Å². The maximum atomic E-state index is 13.3. The number of hydrogen-bond acceptors (Lipinski definition) is 5. The van der Waals surface area contributed by atoms with Gasteiger partial charge in [0.2, 0.25) is 0 Å². The molecule has 0 saturated heterocycles. The van der Waals surface area contributed by atoms with Crippen LogP contribution in [0.2, 0.25) is 0 Å². The van der Waals surface area contributed by atoms with E-state index in [0.717, 1.165) is 33.7 Å². The first kappa shape index (κ1) is 21.2. The van der Waals surface area contributed by atoms with Gasteiger partial charge in [-0.2, -0.15) is 0 Å². The minimum Gasteiger partial charge on any atom is -0.493 e. The Labute approximate surface area is 187 Å². The maximum Gasteiger partial charge on any atom is 0.261 e. The molecule has 162 valence electrons. The second-order valence-corrected chi connectivity index (χ2v) is 8.65. The van der Waals surface area contributed by atoms with Crippen molar-refractivity contribution >= 4 is 17.2 Å². The molecule has 0 saturated carbocycles. The Morgan fingerprint density at radius 3 is 2.42 bits per heavy atom. The van der Waals surface area contributed by atoms with Crippen molar-refractivity contribution in [2.24, 2.45) is 0 Å². The number of carbonyl (C=O) groups is 1. The number of rotatable bonds is 6. The lowest BCUT2D eigenvalue weighted by Gasteiger charge is -2.37. The second kappa shape index (κ2) is 9.02. The third kappa shape index (κ3) is 4.12. The number of nitrogens with zero attached hydrogens (tertiary/aromatic N) is 1.